The van der Waals surface area contributed by atoms with Crippen molar-refractivity contribution < 1.29 is 14.3 Å². The van der Waals surface area contributed by atoms with Crippen molar-refractivity contribution in [1.82, 2.24) is 0 Å². The molecule has 1 saturated carbocycles. The van der Waals surface area contributed by atoms with Gasteiger partial charge in [0.25, 0.3) is 0 Å². The van der Waals surface area contributed by atoms with E-state index in [9.17, 15) is 9.59 Å². The van der Waals surface area contributed by atoms with E-state index < -0.39 is 0 Å². The standard InChI is InChI=1S/C12H18O3/c1-2-15-12(14)8-7-10-5-3-4-6-11(10)9-13/h7-11H,2-6H2,1H3/b8-7+/t10-,11+/m1/s1. The molecule has 3 heteroatoms. The highest BCUT2D eigenvalue weighted by molar-refractivity contribution is 5.82. The third kappa shape index (κ3) is 3.86. The zero-order chi connectivity index (χ0) is 11.1. The molecule has 0 unspecified atom stereocenters. The summed E-state index contributed by atoms with van der Waals surface area (Å²) in [5, 5.41) is 0. The van der Waals surface area contributed by atoms with Crippen LogP contribution in [0.3, 0.4) is 0 Å². The maximum atomic E-state index is 11.1. The molecule has 0 amide bonds. The number of carbonyl (C=O) groups excluding carboxylic acids is 2. The van der Waals surface area contributed by atoms with Crippen LogP contribution < -0.4 is 0 Å². The normalized spacial score (nSPS) is 26.5. The van der Waals surface area contributed by atoms with E-state index in [-0.39, 0.29) is 17.8 Å². The maximum Gasteiger partial charge on any atom is 0.330 e. The van der Waals surface area contributed by atoms with Crippen molar-refractivity contribution in [2.24, 2.45) is 11.8 Å². The summed E-state index contributed by atoms with van der Waals surface area (Å²) in [5.74, 6) is -0.00203. The Hall–Kier alpha value is -1.12. The summed E-state index contributed by atoms with van der Waals surface area (Å²) in [4.78, 5) is 21.9. The molecule has 3 nitrogen and oxygen atoms in total. The number of rotatable bonds is 4. The van der Waals surface area contributed by atoms with Gasteiger partial charge in [0.2, 0.25) is 0 Å². The van der Waals surface area contributed by atoms with Crippen LogP contribution in [0, 0.1) is 11.8 Å². The smallest absolute Gasteiger partial charge is 0.330 e. The van der Waals surface area contributed by atoms with E-state index >= 15 is 0 Å². The van der Waals surface area contributed by atoms with Crippen LogP contribution in [0.4, 0.5) is 0 Å². The van der Waals surface area contributed by atoms with Crippen LogP contribution in [-0.4, -0.2) is 18.9 Å². The Kier molecular flexibility index (Phi) is 5.08. The van der Waals surface area contributed by atoms with Gasteiger partial charge in [-0.05, 0) is 25.7 Å². The maximum absolute atomic E-state index is 11.1. The molecule has 1 rings (SSSR count). The molecule has 0 heterocycles. The molecule has 0 aromatic rings. The van der Waals surface area contributed by atoms with Gasteiger partial charge in [-0.2, -0.15) is 0 Å². The second-order valence-electron chi connectivity index (χ2n) is 3.86. The second kappa shape index (κ2) is 6.38. The van der Waals surface area contributed by atoms with E-state index in [0.717, 1.165) is 32.0 Å². The first-order chi connectivity index (χ1) is 7.27. The molecule has 15 heavy (non-hydrogen) atoms. The lowest BCUT2D eigenvalue weighted by Gasteiger charge is -2.24. The number of esters is 1. The molecule has 0 bridgehead atoms. The summed E-state index contributed by atoms with van der Waals surface area (Å²) < 4.78 is 4.79. The zero-order valence-electron chi connectivity index (χ0n) is 9.15. The van der Waals surface area contributed by atoms with Crippen LogP contribution in [0.15, 0.2) is 12.2 Å². The van der Waals surface area contributed by atoms with E-state index in [1.807, 2.05) is 6.08 Å². The fourth-order valence-electron chi connectivity index (χ4n) is 1.99. The molecule has 84 valence electrons. The first kappa shape index (κ1) is 12.0. The van der Waals surface area contributed by atoms with E-state index in [2.05, 4.69) is 0 Å². The van der Waals surface area contributed by atoms with Crippen molar-refractivity contribution in [2.75, 3.05) is 6.61 Å². The minimum atomic E-state index is -0.312. The van der Waals surface area contributed by atoms with Crippen LogP contribution in [0.2, 0.25) is 0 Å². The Morgan fingerprint density at radius 3 is 2.60 bits per heavy atom. The predicted molar refractivity (Wildman–Crippen MR) is 57.3 cm³/mol. The number of hydrogen-bond donors (Lipinski definition) is 0. The van der Waals surface area contributed by atoms with Gasteiger partial charge in [0, 0.05) is 12.0 Å². The van der Waals surface area contributed by atoms with Crippen LogP contribution in [-0.2, 0) is 14.3 Å². The average Bonchev–Trinajstić information content (AvgIpc) is 2.27. The Balaban J connectivity index is 2.47. The van der Waals surface area contributed by atoms with Gasteiger partial charge >= 0.3 is 5.97 Å². The second-order valence-corrected chi connectivity index (χ2v) is 3.86. The summed E-state index contributed by atoms with van der Waals surface area (Å²) in [5.41, 5.74) is 0. The van der Waals surface area contributed by atoms with Crippen molar-refractivity contribution in [1.29, 1.82) is 0 Å². The Labute approximate surface area is 90.5 Å². The van der Waals surface area contributed by atoms with Crippen molar-refractivity contribution in [3.05, 3.63) is 12.2 Å². The minimum Gasteiger partial charge on any atom is -0.463 e. The van der Waals surface area contributed by atoms with Gasteiger partial charge in [-0.25, -0.2) is 4.79 Å². The summed E-state index contributed by atoms with van der Waals surface area (Å²) in [6, 6.07) is 0. The highest BCUT2D eigenvalue weighted by Crippen LogP contribution is 2.29. The average molecular weight is 210 g/mol. The summed E-state index contributed by atoms with van der Waals surface area (Å²) in [6.45, 7) is 2.17. The molecule has 0 radical (unpaired) electrons. The summed E-state index contributed by atoms with van der Waals surface area (Å²) >= 11 is 0. The quantitative estimate of drug-likeness (QED) is 0.405. The molecule has 0 aromatic carbocycles. The topological polar surface area (TPSA) is 43.4 Å². The molecule has 1 aliphatic carbocycles. The van der Waals surface area contributed by atoms with E-state index in [4.69, 9.17) is 4.74 Å². The zero-order valence-corrected chi connectivity index (χ0v) is 9.15. The van der Waals surface area contributed by atoms with Gasteiger partial charge in [0.05, 0.1) is 6.61 Å². The van der Waals surface area contributed by atoms with E-state index in [0.29, 0.717) is 6.61 Å². The van der Waals surface area contributed by atoms with Crippen LogP contribution in [0.5, 0.6) is 0 Å². The summed E-state index contributed by atoms with van der Waals surface area (Å²) in [7, 11) is 0. The third-order valence-corrected chi connectivity index (χ3v) is 2.82. The highest BCUT2D eigenvalue weighted by Gasteiger charge is 2.22. The lowest BCUT2D eigenvalue weighted by molar-refractivity contribution is -0.137. The SMILES string of the molecule is CCOC(=O)/C=C/[C@H]1CCCC[C@H]1C=O. The lowest BCUT2D eigenvalue weighted by Crippen LogP contribution is -2.19. The van der Waals surface area contributed by atoms with Crippen molar-refractivity contribution in [3.63, 3.8) is 0 Å². The molecule has 0 saturated heterocycles. The minimum absolute atomic E-state index is 0.0874. The van der Waals surface area contributed by atoms with Crippen LogP contribution in [0.1, 0.15) is 32.6 Å². The number of allylic oxidation sites excluding steroid dienone is 1. The molecule has 0 aromatic heterocycles. The van der Waals surface area contributed by atoms with Crippen molar-refractivity contribution in [2.45, 2.75) is 32.6 Å². The number of carbonyl (C=O) groups is 2. The molecule has 0 aliphatic heterocycles. The molecule has 0 spiro atoms. The van der Waals surface area contributed by atoms with Crippen molar-refractivity contribution in [3.8, 4) is 0 Å². The Morgan fingerprint density at radius 2 is 2.00 bits per heavy atom. The Bertz CT molecular complexity index is 245. The lowest BCUT2D eigenvalue weighted by atomic mass is 9.80. The van der Waals surface area contributed by atoms with Crippen LogP contribution in [0.25, 0.3) is 0 Å². The molecule has 1 aliphatic rings. The van der Waals surface area contributed by atoms with Gasteiger partial charge < -0.3 is 9.53 Å². The van der Waals surface area contributed by atoms with E-state index in [1.165, 1.54) is 6.08 Å². The fraction of sp³-hybridized carbons (Fsp3) is 0.667. The van der Waals surface area contributed by atoms with Crippen molar-refractivity contribution >= 4 is 12.3 Å². The number of aldehydes is 1. The molecular formula is C12H18O3. The highest BCUT2D eigenvalue weighted by atomic mass is 16.5. The van der Waals surface area contributed by atoms with Gasteiger partial charge in [-0.1, -0.05) is 18.9 Å². The first-order valence-corrected chi connectivity index (χ1v) is 5.58. The van der Waals surface area contributed by atoms with Gasteiger partial charge in [0.1, 0.15) is 6.29 Å². The Morgan fingerprint density at radius 1 is 1.33 bits per heavy atom. The van der Waals surface area contributed by atoms with Gasteiger partial charge in [-0.3, -0.25) is 0 Å². The molecular weight excluding hydrogens is 192 g/mol. The monoisotopic (exact) mass is 210 g/mol. The number of hydrogen-bond acceptors (Lipinski definition) is 3. The molecule has 1 fully saturated rings. The van der Waals surface area contributed by atoms with Gasteiger partial charge in [-0.15, -0.1) is 0 Å². The van der Waals surface area contributed by atoms with E-state index in [1.54, 1.807) is 6.92 Å². The van der Waals surface area contributed by atoms with Crippen LogP contribution >= 0.6 is 0 Å². The van der Waals surface area contributed by atoms with Gasteiger partial charge in [0.15, 0.2) is 0 Å². The molecule has 0 N–H and O–H groups in total. The predicted octanol–water partition coefficient (Wildman–Crippen LogP) is 2.11. The largest absolute Gasteiger partial charge is 0.463 e. The fourth-order valence-corrected chi connectivity index (χ4v) is 1.99. The first-order valence-electron chi connectivity index (χ1n) is 5.58. The number of ether oxygens (including phenoxy) is 1. The summed E-state index contributed by atoms with van der Waals surface area (Å²) in [6.07, 6.45) is 8.50. The molecule has 2 atom stereocenters. The third-order valence-electron chi connectivity index (χ3n) is 2.82.